The van der Waals surface area contributed by atoms with Crippen LogP contribution in [0.5, 0.6) is 0 Å². The molecule has 0 atom stereocenters. The molecule has 0 rings (SSSR count). The average molecular weight is 194 g/mol. The molecule has 78 valence electrons. The lowest BCUT2D eigenvalue weighted by atomic mass is 10.1. The molecule has 0 unspecified atom stereocenters. The molecular formula is C10H17F3. The second-order valence-corrected chi connectivity index (χ2v) is 2.41. The third-order valence-corrected chi connectivity index (χ3v) is 1.18. The van der Waals surface area contributed by atoms with Crippen LogP contribution < -0.4 is 0 Å². The van der Waals surface area contributed by atoms with Crippen molar-refractivity contribution in [1.29, 1.82) is 0 Å². The Kier molecular flexibility index (Phi) is 7.67. The van der Waals surface area contributed by atoms with E-state index in [1.54, 1.807) is 6.92 Å². The van der Waals surface area contributed by atoms with E-state index in [2.05, 4.69) is 0 Å². The third kappa shape index (κ3) is 6.43. The van der Waals surface area contributed by atoms with Gasteiger partial charge in [0.25, 0.3) is 0 Å². The predicted octanol–water partition coefficient (Wildman–Crippen LogP) is 4.49. The Bertz CT molecular complexity index is 181. The summed E-state index contributed by atoms with van der Waals surface area (Å²) in [6.45, 7) is 8.46. The Labute approximate surface area is 78.1 Å². The largest absolute Gasteiger partial charge is 0.416 e. The molecule has 0 aromatic carbocycles. The van der Waals surface area contributed by atoms with Crippen LogP contribution in [0.4, 0.5) is 13.2 Å². The van der Waals surface area contributed by atoms with E-state index in [1.807, 2.05) is 13.8 Å². The highest BCUT2D eigenvalue weighted by atomic mass is 19.4. The lowest BCUT2D eigenvalue weighted by Crippen LogP contribution is -2.11. The molecule has 0 N–H and O–H groups in total. The van der Waals surface area contributed by atoms with Gasteiger partial charge in [-0.15, -0.1) is 0 Å². The topological polar surface area (TPSA) is 0 Å². The van der Waals surface area contributed by atoms with E-state index in [1.165, 1.54) is 19.9 Å². The van der Waals surface area contributed by atoms with Gasteiger partial charge in [0.05, 0.1) is 5.57 Å². The fourth-order valence-electron chi connectivity index (χ4n) is 0.711. The molecule has 0 aromatic heterocycles. The Balaban J connectivity index is 0. The molecule has 13 heavy (non-hydrogen) atoms. The van der Waals surface area contributed by atoms with Crippen molar-refractivity contribution in [2.24, 2.45) is 0 Å². The van der Waals surface area contributed by atoms with E-state index in [0.717, 1.165) is 6.08 Å². The van der Waals surface area contributed by atoms with Crippen LogP contribution in [0.3, 0.4) is 0 Å². The van der Waals surface area contributed by atoms with E-state index < -0.39 is 11.7 Å². The van der Waals surface area contributed by atoms with Crippen LogP contribution in [0, 0.1) is 0 Å². The molecule has 0 fully saturated rings. The van der Waals surface area contributed by atoms with E-state index in [0.29, 0.717) is 0 Å². The molecule has 0 aliphatic carbocycles. The number of hydrogen-bond donors (Lipinski definition) is 0. The molecule has 0 nitrogen and oxygen atoms in total. The summed E-state index contributed by atoms with van der Waals surface area (Å²) in [7, 11) is 0. The van der Waals surface area contributed by atoms with Crippen LogP contribution in [0.1, 0.15) is 34.6 Å². The minimum absolute atomic E-state index is 0.288. The second kappa shape index (κ2) is 6.75. The van der Waals surface area contributed by atoms with Crippen LogP contribution >= 0.6 is 0 Å². The first kappa shape index (κ1) is 14.8. The third-order valence-electron chi connectivity index (χ3n) is 1.18. The van der Waals surface area contributed by atoms with Gasteiger partial charge in [-0.05, 0) is 20.8 Å². The monoisotopic (exact) mass is 194 g/mol. The summed E-state index contributed by atoms with van der Waals surface area (Å²) in [5, 5.41) is 0. The highest BCUT2D eigenvalue weighted by molar-refractivity contribution is 5.27. The molecule has 0 heterocycles. The van der Waals surface area contributed by atoms with Gasteiger partial charge in [0, 0.05) is 0 Å². The first-order valence-corrected chi connectivity index (χ1v) is 4.27. The molecule has 0 saturated heterocycles. The summed E-state index contributed by atoms with van der Waals surface area (Å²) < 4.78 is 36.1. The SMILES string of the molecule is C/C=C\C(=C(C)C)C(F)(F)F.CC. The predicted molar refractivity (Wildman–Crippen MR) is 50.6 cm³/mol. The Hall–Kier alpha value is -0.730. The fourth-order valence-corrected chi connectivity index (χ4v) is 0.711. The van der Waals surface area contributed by atoms with Crippen molar-refractivity contribution in [2.45, 2.75) is 40.8 Å². The Morgan fingerprint density at radius 2 is 1.46 bits per heavy atom. The van der Waals surface area contributed by atoms with Gasteiger partial charge in [-0.2, -0.15) is 13.2 Å². The van der Waals surface area contributed by atoms with E-state index in [4.69, 9.17) is 0 Å². The minimum atomic E-state index is -4.22. The average Bonchev–Trinajstić information content (AvgIpc) is 2.01. The smallest absolute Gasteiger partial charge is 0.166 e. The first-order chi connectivity index (χ1) is 5.89. The maximum Gasteiger partial charge on any atom is 0.416 e. The highest BCUT2D eigenvalue weighted by Crippen LogP contribution is 2.28. The summed E-state index contributed by atoms with van der Waals surface area (Å²) in [5.74, 6) is 0. The maximum absolute atomic E-state index is 12.0. The molecule has 3 heteroatoms. The van der Waals surface area contributed by atoms with E-state index in [-0.39, 0.29) is 5.57 Å². The van der Waals surface area contributed by atoms with Crippen molar-refractivity contribution in [3.05, 3.63) is 23.3 Å². The second-order valence-electron chi connectivity index (χ2n) is 2.41. The zero-order valence-corrected chi connectivity index (χ0v) is 8.79. The lowest BCUT2D eigenvalue weighted by Gasteiger charge is -2.08. The molecule has 0 aliphatic rings. The number of allylic oxidation sites excluding steroid dienone is 4. The zero-order chi connectivity index (χ0) is 11.1. The zero-order valence-electron chi connectivity index (χ0n) is 8.79. The van der Waals surface area contributed by atoms with Gasteiger partial charge < -0.3 is 0 Å². The van der Waals surface area contributed by atoms with Gasteiger partial charge in [0.1, 0.15) is 0 Å². The fraction of sp³-hybridized carbons (Fsp3) is 0.600. The standard InChI is InChI=1S/C8H11F3.C2H6/c1-4-5-7(6(2)3)8(9,10)11;1-2/h4-5H,1-3H3;1-2H3/b5-4-;. The molecule has 0 aromatic rings. The maximum atomic E-state index is 12.0. The van der Waals surface area contributed by atoms with Crippen molar-refractivity contribution in [3.8, 4) is 0 Å². The number of hydrogen-bond acceptors (Lipinski definition) is 0. The lowest BCUT2D eigenvalue weighted by molar-refractivity contribution is -0.0889. The minimum Gasteiger partial charge on any atom is -0.166 e. The molecule has 0 radical (unpaired) electrons. The van der Waals surface area contributed by atoms with Gasteiger partial charge in [-0.3, -0.25) is 0 Å². The molecule has 0 amide bonds. The van der Waals surface area contributed by atoms with Crippen LogP contribution in [-0.4, -0.2) is 6.18 Å². The van der Waals surface area contributed by atoms with E-state index >= 15 is 0 Å². The van der Waals surface area contributed by atoms with Crippen molar-refractivity contribution >= 4 is 0 Å². The van der Waals surface area contributed by atoms with Gasteiger partial charge >= 0.3 is 6.18 Å². The number of halogens is 3. The van der Waals surface area contributed by atoms with E-state index in [9.17, 15) is 13.2 Å². The highest BCUT2D eigenvalue weighted by Gasteiger charge is 2.32. The van der Waals surface area contributed by atoms with Gasteiger partial charge in [0.15, 0.2) is 0 Å². The summed E-state index contributed by atoms with van der Waals surface area (Å²) in [4.78, 5) is 0. The Morgan fingerprint density at radius 3 is 1.54 bits per heavy atom. The first-order valence-electron chi connectivity index (χ1n) is 4.27. The van der Waals surface area contributed by atoms with Gasteiger partial charge in [-0.1, -0.05) is 31.6 Å². The molecule has 0 saturated carbocycles. The molecule has 0 aliphatic heterocycles. The quantitative estimate of drug-likeness (QED) is 0.539. The van der Waals surface area contributed by atoms with Crippen LogP contribution in [0.2, 0.25) is 0 Å². The van der Waals surface area contributed by atoms with Crippen LogP contribution in [0.25, 0.3) is 0 Å². The summed E-state index contributed by atoms with van der Waals surface area (Å²) in [6.07, 6.45) is -1.75. The summed E-state index contributed by atoms with van der Waals surface area (Å²) in [6, 6.07) is 0. The summed E-state index contributed by atoms with van der Waals surface area (Å²) >= 11 is 0. The molecule has 0 spiro atoms. The molecule has 0 bridgehead atoms. The number of alkyl halides is 3. The number of rotatable bonds is 1. The normalized spacial score (nSPS) is 10.8. The van der Waals surface area contributed by atoms with Crippen molar-refractivity contribution < 1.29 is 13.2 Å². The van der Waals surface area contributed by atoms with Crippen molar-refractivity contribution in [2.75, 3.05) is 0 Å². The van der Waals surface area contributed by atoms with Gasteiger partial charge in [-0.25, -0.2) is 0 Å². The Morgan fingerprint density at radius 1 is 1.08 bits per heavy atom. The van der Waals surface area contributed by atoms with Crippen LogP contribution in [0.15, 0.2) is 23.3 Å². The van der Waals surface area contributed by atoms with Crippen molar-refractivity contribution in [3.63, 3.8) is 0 Å². The van der Waals surface area contributed by atoms with Crippen molar-refractivity contribution in [1.82, 2.24) is 0 Å². The molecular weight excluding hydrogens is 177 g/mol. The summed E-state index contributed by atoms with van der Waals surface area (Å²) in [5.41, 5.74) is -0.268. The van der Waals surface area contributed by atoms with Crippen LogP contribution in [-0.2, 0) is 0 Å². The van der Waals surface area contributed by atoms with Gasteiger partial charge in [0.2, 0.25) is 0 Å².